The molecule has 0 spiro atoms. The molecule has 6 heteroatoms. The molecule has 3 N–H and O–H groups in total. The maximum absolute atomic E-state index is 12.7. The lowest BCUT2D eigenvalue weighted by molar-refractivity contribution is -0.116. The number of thiophene rings is 1. The lowest BCUT2D eigenvalue weighted by atomic mass is 9.95. The first kappa shape index (κ1) is 18.7. The van der Waals surface area contributed by atoms with E-state index in [-0.39, 0.29) is 12.5 Å². The lowest BCUT2D eigenvalue weighted by Crippen LogP contribution is -2.21. The van der Waals surface area contributed by atoms with E-state index in [1.165, 1.54) is 21.8 Å². The first-order valence-corrected chi connectivity index (χ1v) is 10.6. The average molecular weight is 396 g/mol. The molecule has 3 aromatic rings. The molecule has 0 atom stereocenters. The number of benzene rings is 1. The minimum Gasteiger partial charge on any atom is -0.365 e. The summed E-state index contributed by atoms with van der Waals surface area (Å²) >= 11 is 1.50. The van der Waals surface area contributed by atoms with Gasteiger partial charge in [0.2, 0.25) is 5.91 Å². The summed E-state index contributed by atoms with van der Waals surface area (Å²) in [7, 11) is 0. The van der Waals surface area contributed by atoms with Crippen LogP contribution in [0.2, 0.25) is 0 Å². The monoisotopic (exact) mass is 395 g/mol. The van der Waals surface area contributed by atoms with Crippen molar-refractivity contribution < 1.29 is 9.59 Å². The van der Waals surface area contributed by atoms with Gasteiger partial charge in [0, 0.05) is 16.6 Å². The van der Waals surface area contributed by atoms with Gasteiger partial charge in [-0.25, -0.2) is 0 Å². The van der Waals surface area contributed by atoms with Gasteiger partial charge in [-0.1, -0.05) is 19.9 Å². The number of aryl methyl sites for hydroxylation is 1. The Morgan fingerprint density at radius 1 is 1.21 bits per heavy atom. The molecule has 1 aliphatic rings. The van der Waals surface area contributed by atoms with Crippen molar-refractivity contribution in [2.24, 2.45) is 5.73 Å². The molecule has 1 aliphatic carbocycles. The Labute approximate surface area is 168 Å². The van der Waals surface area contributed by atoms with Gasteiger partial charge < -0.3 is 15.6 Å². The lowest BCUT2D eigenvalue weighted by Gasteiger charge is -2.11. The summed E-state index contributed by atoms with van der Waals surface area (Å²) in [6, 6.07) is 8.39. The summed E-state index contributed by atoms with van der Waals surface area (Å²) in [6.07, 6.45) is 5.93. The Bertz CT molecular complexity index is 1060. The zero-order valence-electron chi connectivity index (χ0n) is 16.2. The van der Waals surface area contributed by atoms with Crippen molar-refractivity contribution in [3.8, 4) is 0 Å². The molecule has 0 bridgehead atoms. The van der Waals surface area contributed by atoms with Crippen molar-refractivity contribution in [1.29, 1.82) is 0 Å². The molecule has 2 amide bonds. The molecular weight excluding hydrogens is 370 g/mol. The number of carbonyl (C=O) groups is 2. The molecule has 28 heavy (non-hydrogen) atoms. The number of aromatic nitrogens is 1. The van der Waals surface area contributed by atoms with Gasteiger partial charge in [-0.15, -0.1) is 11.3 Å². The first-order chi connectivity index (χ1) is 13.4. The fraction of sp³-hybridized carbons (Fsp3) is 0.364. The number of primary amides is 1. The summed E-state index contributed by atoms with van der Waals surface area (Å²) in [6.45, 7) is 4.54. The summed E-state index contributed by atoms with van der Waals surface area (Å²) in [5.74, 6) is -0.137. The number of hydrogen-bond donors (Lipinski definition) is 2. The molecule has 146 valence electrons. The van der Waals surface area contributed by atoms with Gasteiger partial charge in [0.15, 0.2) is 0 Å². The normalized spacial score (nSPS) is 13.7. The van der Waals surface area contributed by atoms with E-state index in [4.69, 9.17) is 5.73 Å². The second-order valence-corrected chi connectivity index (χ2v) is 8.85. The summed E-state index contributed by atoms with van der Waals surface area (Å²) in [5, 5.41) is 4.67. The van der Waals surface area contributed by atoms with E-state index in [1.54, 1.807) is 0 Å². The van der Waals surface area contributed by atoms with E-state index in [0.29, 0.717) is 16.5 Å². The Kier molecular flexibility index (Phi) is 4.98. The summed E-state index contributed by atoms with van der Waals surface area (Å²) < 4.78 is 1.94. The maximum Gasteiger partial charge on any atom is 0.251 e. The highest BCUT2D eigenvalue weighted by Crippen LogP contribution is 2.38. The molecule has 0 radical (unpaired) electrons. The van der Waals surface area contributed by atoms with Crippen LogP contribution in [-0.2, 0) is 24.2 Å². The minimum absolute atomic E-state index is 0.147. The standard InChI is InChI=1S/C22H25N3O2S/c1-13(2)14-7-8-17-15(11-14)9-10-25(17)12-19(26)24-22-20(21(23)27)16-5-3-4-6-18(16)28-22/h7-11,13H,3-6,12H2,1-2H3,(H2,23,27)(H,24,26). The summed E-state index contributed by atoms with van der Waals surface area (Å²) in [5.41, 5.74) is 9.47. The van der Waals surface area contributed by atoms with Gasteiger partial charge in [0.25, 0.3) is 5.91 Å². The fourth-order valence-electron chi connectivity index (χ4n) is 3.95. The topological polar surface area (TPSA) is 77.1 Å². The number of fused-ring (bicyclic) bond motifs is 2. The van der Waals surface area contributed by atoms with E-state index < -0.39 is 5.91 Å². The third-order valence-corrected chi connectivity index (χ3v) is 6.65. The predicted octanol–water partition coefficient (Wildman–Crippen LogP) is 4.44. The van der Waals surface area contributed by atoms with E-state index in [0.717, 1.165) is 42.1 Å². The largest absolute Gasteiger partial charge is 0.365 e. The SMILES string of the molecule is CC(C)c1ccc2c(ccn2CC(=O)Nc2sc3c(c2C(N)=O)CCCC3)c1. The van der Waals surface area contributed by atoms with Crippen LogP contribution in [0.4, 0.5) is 5.00 Å². The Morgan fingerprint density at radius 3 is 2.75 bits per heavy atom. The highest BCUT2D eigenvalue weighted by molar-refractivity contribution is 7.17. The van der Waals surface area contributed by atoms with Crippen LogP contribution < -0.4 is 11.1 Å². The van der Waals surface area contributed by atoms with E-state index in [9.17, 15) is 9.59 Å². The van der Waals surface area contributed by atoms with Crippen molar-refractivity contribution in [1.82, 2.24) is 4.57 Å². The Hall–Kier alpha value is -2.60. The third kappa shape index (κ3) is 3.44. The maximum atomic E-state index is 12.7. The molecule has 0 saturated heterocycles. The molecule has 2 aromatic heterocycles. The van der Waals surface area contributed by atoms with Gasteiger partial charge in [-0.2, -0.15) is 0 Å². The van der Waals surface area contributed by atoms with Gasteiger partial charge in [-0.05, 0) is 66.3 Å². The van der Waals surface area contributed by atoms with Crippen LogP contribution in [0.1, 0.15) is 59.0 Å². The molecule has 1 aromatic carbocycles. The van der Waals surface area contributed by atoms with Crippen LogP contribution in [0, 0.1) is 0 Å². The quantitative estimate of drug-likeness (QED) is 0.670. The minimum atomic E-state index is -0.456. The Morgan fingerprint density at radius 2 is 2.00 bits per heavy atom. The molecule has 0 aliphatic heterocycles. The number of carbonyl (C=O) groups excluding carboxylic acids is 2. The van der Waals surface area contributed by atoms with Crippen LogP contribution in [-0.4, -0.2) is 16.4 Å². The molecular formula is C22H25N3O2S. The van der Waals surface area contributed by atoms with Crippen LogP contribution in [0.15, 0.2) is 30.5 Å². The van der Waals surface area contributed by atoms with Crippen molar-refractivity contribution in [2.45, 2.75) is 52.0 Å². The molecule has 0 unspecified atom stereocenters. The highest BCUT2D eigenvalue weighted by Gasteiger charge is 2.25. The molecule has 2 heterocycles. The van der Waals surface area contributed by atoms with Crippen LogP contribution in [0.3, 0.4) is 0 Å². The van der Waals surface area contributed by atoms with Gasteiger partial charge >= 0.3 is 0 Å². The van der Waals surface area contributed by atoms with E-state index in [2.05, 4.69) is 37.4 Å². The van der Waals surface area contributed by atoms with Gasteiger partial charge in [-0.3, -0.25) is 9.59 Å². The van der Waals surface area contributed by atoms with E-state index >= 15 is 0 Å². The summed E-state index contributed by atoms with van der Waals surface area (Å²) in [4.78, 5) is 25.9. The molecule has 0 fully saturated rings. The van der Waals surface area contributed by atoms with Crippen LogP contribution >= 0.6 is 11.3 Å². The average Bonchev–Trinajstić information content (AvgIpc) is 3.22. The van der Waals surface area contributed by atoms with Crippen LogP contribution in [0.25, 0.3) is 10.9 Å². The highest BCUT2D eigenvalue weighted by atomic mass is 32.1. The number of nitrogens with zero attached hydrogens (tertiary/aromatic N) is 1. The first-order valence-electron chi connectivity index (χ1n) is 9.77. The number of nitrogens with two attached hydrogens (primary N) is 1. The fourth-order valence-corrected chi connectivity index (χ4v) is 5.26. The zero-order chi connectivity index (χ0) is 19.8. The van der Waals surface area contributed by atoms with E-state index in [1.807, 2.05) is 16.8 Å². The third-order valence-electron chi connectivity index (χ3n) is 5.45. The zero-order valence-corrected chi connectivity index (χ0v) is 17.1. The number of anilines is 1. The second kappa shape index (κ2) is 7.43. The predicted molar refractivity (Wildman–Crippen MR) is 114 cm³/mol. The number of hydrogen-bond acceptors (Lipinski definition) is 3. The van der Waals surface area contributed by atoms with Gasteiger partial charge in [0.05, 0.1) is 5.56 Å². The number of nitrogens with one attached hydrogen (secondary N) is 1. The smallest absolute Gasteiger partial charge is 0.251 e. The van der Waals surface area contributed by atoms with Crippen LogP contribution in [0.5, 0.6) is 0 Å². The van der Waals surface area contributed by atoms with Crippen molar-refractivity contribution >= 4 is 39.1 Å². The van der Waals surface area contributed by atoms with Crippen molar-refractivity contribution in [3.05, 3.63) is 52.0 Å². The van der Waals surface area contributed by atoms with Crippen molar-refractivity contribution in [2.75, 3.05) is 5.32 Å². The van der Waals surface area contributed by atoms with Crippen molar-refractivity contribution in [3.63, 3.8) is 0 Å². The number of amides is 2. The Balaban J connectivity index is 1.56. The second-order valence-electron chi connectivity index (χ2n) is 7.74. The van der Waals surface area contributed by atoms with Gasteiger partial charge in [0.1, 0.15) is 11.5 Å². The molecule has 0 saturated carbocycles. The molecule has 5 nitrogen and oxygen atoms in total. The number of rotatable bonds is 5. The molecule has 4 rings (SSSR count).